The Hall–Kier alpha value is -2.24. The maximum atomic E-state index is 13.3. The number of carbonyl (C=O) groups excluding carboxylic acids is 2. The van der Waals surface area contributed by atoms with Gasteiger partial charge in [-0.25, -0.2) is 0 Å². The molecular weight excluding hydrogens is 423 g/mol. The van der Waals surface area contributed by atoms with Crippen LogP contribution in [0.25, 0.3) is 0 Å². The third-order valence-electron chi connectivity index (χ3n) is 5.05. The van der Waals surface area contributed by atoms with E-state index in [0.717, 1.165) is 12.0 Å². The van der Waals surface area contributed by atoms with Gasteiger partial charge in [0.05, 0.1) is 13.5 Å². The topological polar surface area (TPSA) is 58.6 Å². The molecule has 1 N–H and O–H groups in total. The van der Waals surface area contributed by atoms with Gasteiger partial charge in [-0.15, -0.1) is 0 Å². The first kappa shape index (κ1) is 24.0. The van der Waals surface area contributed by atoms with Gasteiger partial charge in [0.2, 0.25) is 11.8 Å². The number of methoxy groups -OCH3 is 1. The predicted molar refractivity (Wildman–Crippen MR) is 121 cm³/mol. The lowest BCUT2D eigenvalue weighted by Crippen LogP contribution is -2.49. The summed E-state index contributed by atoms with van der Waals surface area (Å²) in [5, 5.41) is 3.80. The van der Waals surface area contributed by atoms with Gasteiger partial charge < -0.3 is 15.0 Å². The Bertz CT molecular complexity index is 868. The maximum Gasteiger partial charge on any atom is 0.242 e. The number of hydrogen-bond donors (Lipinski definition) is 1. The Labute approximate surface area is 188 Å². The molecule has 7 heteroatoms. The summed E-state index contributed by atoms with van der Waals surface area (Å²) in [6, 6.07) is 11.9. The molecule has 30 heavy (non-hydrogen) atoms. The van der Waals surface area contributed by atoms with E-state index in [4.69, 9.17) is 27.9 Å². The van der Waals surface area contributed by atoms with Crippen LogP contribution in [0.4, 0.5) is 0 Å². The smallest absolute Gasteiger partial charge is 0.242 e. The zero-order chi connectivity index (χ0) is 22.3. The fourth-order valence-corrected chi connectivity index (χ4v) is 3.50. The molecule has 0 heterocycles. The van der Waals surface area contributed by atoms with Crippen LogP contribution in [0.5, 0.6) is 5.75 Å². The van der Waals surface area contributed by atoms with Gasteiger partial charge in [-0.1, -0.05) is 48.3 Å². The number of halogens is 2. The monoisotopic (exact) mass is 450 g/mol. The molecule has 0 unspecified atom stereocenters. The molecule has 0 aliphatic carbocycles. The van der Waals surface area contributed by atoms with Crippen LogP contribution in [0, 0.1) is 0 Å². The van der Waals surface area contributed by atoms with Crippen LogP contribution in [0.2, 0.25) is 10.0 Å². The number of ether oxygens (including phenoxy) is 1. The third-order valence-corrected chi connectivity index (χ3v) is 5.75. The Morgan fingerprint density at radius 1 is 1.10 bits per heavy atom. The van der Waals surface area contributed by atoms with Crippen LogP contribution >= 0.6 is 23.2 Å². The Morgan fingerprint density at radius 3 is 2.33 bits per heavy atom. The third kappa shape index (κ3) is 6.38. The number of nitrogens with zero attached hydrogens (tertiary/aromatic N) is 1. The predicted octanol–water partition coefficient (Wildman–Crippen LogP) is 4.88. The highest BCUT2D eigenvalue weighted by molar-refractivity contribution is 6.36. The van der Waals surface area contributed by atoms with Crippen LogP contribution in [0.15, 0.2) is 42.5 Å². The molecule has 2 amide bonds. The summed E-state index contributed by atoms with van der Waals surface area (Å²) >= 11 is 12.5. The van der Waals surface area contributed by atoms with Crippen molar-refractivity contribution in [2.45, 2.75) is 52.2 Å². The van der Waals surface area contributed by atoms with Crippen LogP contribution in [-0.2, 0) is 22.6 Å². The lowest BCUT2D eigenvalue weighted by atomic mass is 10.1. The van der Waals surface area contributed by atoms with E-state index in [-0.39, 0.29) is 30.8 Å². The molecular formula is C23H28Cl2N2O3. The van der Waals surface area contributed by atoms with E-state index in [9.17, 15) is 9.59 Å². The van der Waals surface area contributed by atoms with Crippen molar-refractivity contribution in [1.29, 1.82) is 0 Å². The minimum absolute atomic E-state index is 0.00340. The van der Waals surface area contributed by atoms with E-state index >= 15 is 0 Å². The quantitative estimate of drug-likeness (QED) is 0.592. The van der Waals surface area contributed by atoms with E-state index in [1.807, 2.05) is 38.1 Å². The summed E-state index contributed by atoms with van der Waals surface area (Å²) in [6.45, 7) is 5.91. The van der Waals surface area contributed by atoms with Crippen molar-refractivity contribution in [2.75, 3.05) is 7.11 Å². The normalized spacial score (nSPS) is 12.7. The molecule has 162 valence electrons. The zero-order valence-corrected chi connectivity index (χ0v) is 19.3. The zero-order valence-electron chi connectivity index (χ0n) is 17.7. The molecule has 5 nitrogen and oxygen atoms in total. The van der Waals surface area contributed by atoms with Crippen molar-refractivity contribution in [3.05, 3.63) is 63.6 Å². The van der Waals surface area contributed by atoms with Crippen molar-refractivity contribution < 1.29 is 14.3 Å². The first-order valence-corrected chi connectivity index (χ1v) is 10.7. The van der Waals surface area contributed by atoms with E-state index in [0.29, 0.717) is 21.4 Å². The standard InChI is InChI=1S/C23H28Cl2N2O3/c1-5-15(2)26-23(29)16(3)27(14-17-8-6-9-18(12-17)30-4)22(28)13-19-20(24)10-7-11-21(19)25/h6-12,15-16H,5,13-14H2,1-4H3,(H,26,29)/t15-,16+/m1/s1. The molecule has 0 radical (unpaired) electrons. The molecule has 0 fully saturated rings. The minimum Gasteiger partial charge on any atom is -0.497 e. The van der Waals surface area contributed by atoms with Gasteiger partial charge in [-0.3, -0.25) is 9.59 Å². The molecule has 0 aromatic heterocycles. The van der Waals surface area contributed by atoms with Crippen LogP contribution in [0.3, 0.4) is 0 Å². The Balaban J connectivity index is 2.31. The summed E-state index contributed by atoms with van der Waals surface area (Å²) in [7, 11) is 1.59. The second-order valence-corrected chi connectivity index (χ2v) is 8.06. The van der Waals surface area contributed by atoms with Gasteiger partial charge in [-0.05, 0) is 55.7 Å². The first-order valence-electron chi connectivity index (χ1n) is 9.92. The van der Waals surface area contributed by atoms with E-state index in [2.05, 4.69) is 5.32 Å². The highest BCUT2D eigenvalue weighted by atomic mass is 35.5. The lowest BCUT2D eigenvalue weighted by Gasteiger charge is -2.30. The van der Waals surface area contributed by atoms with Gasteiger partial charge in [-0.2, -0.15) is 0 Å². The average Bonchev–Trinajstić information content (AvgIpc) is 2.74. The Morgan fingerprint density at radius 2 is 1.73 bits per heavy atom. The van der Waals surface area contributed by atoms with Gasteiger partial charge in [0.1, 0.15) is 11.8 Å². The molecule has 2 rings (SSSR count). The number of benzene rings is 2. The van der Waals surface area contributed by atoms with Crippen molar-refractivity contribution in [1.82, 2.24) is 10.2 Å². The first-order chi connectivity index (χ1) is 14.3. The average molecular weight is 451 g/mol. The van der Waals surface area contributed by atoms with Crippen molar-refractivity contribution >= 4 is 35.0 Å². The van der Waals surface area contributed by atoms with Crippen molar-refractivity contribution in [3.8, 4) is 5.75 Å². The largest absolute Gasteiger partial charge is 0.497 e. The van der Waals surface area contributed by atoms with E-state index < -0.39 is 6.04 Å². The molecule has 2 atom stereocenters. The van der Waals surface area contributed by atoms with Crippen LogP contribution < -0.4 is 10.1 Å². The number of carbonyl (C=O) groups is 2. The van der Waals surface area contributed by atoms with E-state index in [1.165, 1.54) is 0 Å². The molecule has 0 saturated heterocycles. The molecule has 2 aromatic carbocycles. The minimum atomic E-state index is -0.668. The van der Waals surface area contributed by atoms with Gasteiger partial charge in [0.15, 0.2) is 0 Å². The van der Waals surface area contributed by atoms with E-state index in [1.54, 1.807) is 37.1 Å². The van der Waals surface area contributed by atoms with Gasteiger partial charge in [0, 0.05) is 22.6 Å². The fourth-order valence-electron chi connectivity index (χ4n) is 2.97. The number of hydrogen-bond acceptors (Lipinski definition) is 3. The lowest BCUT2D eigenvalue weighted by molar-refractivity contribution is -0.140. The molecule has 0 aliphatic heterocycles. The highest BCUT2D eigenvalue weighted by Gasteiger charge is 2.27. The van der Waals surface area contributed by atoms with Crippen LogP contribution in [0.1, 0.15) is 38.3 Å². The molecule has 0 bridgehead atoms. The maximum absolute atomic E-state index is 13.3. The second kappa shape index (κ2) is 11.2. The molecule has 0 aliphatic rings. The summed E-state index contributed by atoms with van der Waals surface area (Å²) in [4.78, 5) is 27.6. The molecule has 2 aromatic rings. The second-order valence-electron chi connectivity index (χ2n) is 7.24. The number of amides is 2. The summed E-state index contributed by atoms with van der Waals surface area (Å²) in [5.41, 5.74) is 1.41. The Kier molecular flexibility index (Phi) is 9.00. The van der Waals surface area contributed by atoms with Gasteiger partial charge >= 0.3 is 0 Å². The number of rotatable bonds is 9. The highest BCUT2D eigenvalue weighted by Crippen LogP contribution is 2.26. The van der Waals surface area contributed by atoms with Gasteiger partial charge in [0.25, 0.3) is 0 Å². The van der Waals surface area contributed by atoms with Crippen LogP contribution in [-0.4, -0.2) is 35.9 Å². The molecule has 0 spiro atoms. The summed E-state index contributed by atoms with van der Waals surface area (Å²) in [5.74, 6) is 0.247. The number of nitrogens with one attached hydrogen (secondary N) is 1. The fraction of sp³-hybridized carbons (Fsp3) is 0.391. The SMILES string of the molecule is CC[C@@H](C)NC(=O)[C@H](C)N(Cc1cccc(OC)c1)C(=O)Cc1c(Cl)cccc1Cl. The van der Waals surface area contributed by atoms with Crippen molar-refractivity contribution in [2.24, 2.45) is 0 Å². The summed E-state index contributed by atoms with van der Waals surface area (Å²) < 4.78 is 5.28. The summed E-state index contributed by atoms with van der Waals surface area (Å²) in [6.07, 6.45) is 0.806. The molecule has 0 saturated carbocycles. The van der Waals surface area contributed by atoms with Crippen molar-refractivity contribution in [3.63, 3.8) is 0 Å².